The second-order valence-electron chi connectivity index (χ2n) is 5.90. The van der Waals surface area contributed by atoms with Crippen LogP contribution in [0.25, 0.3) is 0 Å². The molecule has 3 rings (SSSR count). The van der Waals surface area contributed by atoms with Gasteiger partial charge in [-0.3, -0.25) is 4.79 Å². The van der Waals surface area contributed by atoms with Crippen molar-refractivity contribution >= 4 is 15.7 Å². The largest absolute Gasteiger partial charge is 0.342 e. The number of hydrogen-bond acceptors (Lipinski definition) is 6. The maximum atomic E-state index is 12.5. The van der Waals surface area contributed by atoms with E-state index in [2.05, 4.69) is 10.1 Å². The van der Waals surface area contributed by atoms with E-state index in [0.29, 0.717) is 31.2 Å². The molecule has 0 bridgehead atoms. The summed E-state index contributed by atoms with van der Waals surface area (Å²) >= 11 is 0. The van der Waals surface area contributed by atoms with E-state index in [1.165, 1.54) is 0 Å². The lowest BCUT2D eigenvalue weighted by Crippen LogP contribution is -2.42. The van der Waals surface area contributed by atoms with E-state index in [4.69, 9.17) is 4.52 Å². The first-order valence-electron chi connectivity index (χ1n) is 7.24. The van der Waals surface area contributed by atoms with E-state index in [-0.39, 0.29) is 29.2 Å². The molecule has 2 fully saturated rings. The molecule has 0 unspecified atom stereocenters. The van der Waals surface area contributed by atoms with Crippen LogP contribution in [0.3, 0.4) is 0 Å². The molecule has 2 aliphatic heterocycles. The first-order valence-corrected chi connectivity index (χ1v) is 9.06. The van der Waals surface area contributed by atoms with Gasteiger partial charge in [-0.2, -0.15) is 4.98 Å². The fourth-order valence-electron chi connectivity index (χ4n) is 3.11. The molecule has 8 heteroatoms. The Bertz CT molecular complexity index is 640. The summed E-state index contributed by atoms with van der Waals surface area (Å²) in [6.07, 6.45) is 2.23. The topological polar surface area (TPSA) is 93.4 Å². The van der Waals surface area contributed by atoms with Gasteiger partial charge in [0.1, 0.15) is 0 Å². The van der Waals surface area contributed by atoms with Gasteiger partial charge in [-0.15, -0.1) is 0 Å². The van der Waals surface area contributed by atoms with Crippen molar-refractivity contribution in [2.45, 2.75) is 32.1 Å². The van der Waals surface area contributed by atoms with Gasteiger partial charge in [-0.1, -0.05) is 5.16 Å². The number of aromatic nitrogens is 2. The summed E-state index contributed by atoms with van der Waals surface area (Å²) < 4.78 is 28.2. The molecule has 1 amide bonds. The second-order valence-corrected chi connectivity index (χ2v) is 8.13. The second kappa shape index (κ2) is 5.40. The van der Waals surface area contributed by atoms with Crippen LogP contribution < -0.4 is 0 Å². The van der Waals surface area contributed by atoms with E-state index in [0.717, 1.165) is 12.8 Å². The molecule has 21 heavy (non-hydrogen) atoms. The average molecular weight is 313 g/mol. The standard InChI is InChI=1S/C13H19N3O4S/c1-9-14-12(20-15-9)10-3-2-5-16(7-10)13(17)11-4-6-21(18,19)8-11/h10-11H,2-8H2,1H3/t10-,11+/m1/s1. The molecule has 1 aromatic rings. The minimum Gasteiger partial charge on any atom is -0.342 e. The maximum Gasteiger partial charge on any atom is 0.231 e. The highest BCUT2D eigenvalue weighted by molar-refractivity contribution is 7.91. The molecule has 116 valence electrons. The van der Waals surface area contributed by atoms with Gasteiger partial charge < -0.3 is 9.42 Å². The highest BCUT2D eigenvalue weighted by Gasteiger charge is 2.37. The third-order valence-electron chi connectivity index (χ3n) is 4.21. The van der Waals surface area contributed by atoms with Crippen LogP contribution in [0.15, 0.2) is 4.52 Å². The van der Waals surface area contributed by atoms with Gasteiger partial charge in [-0.05, 0) is 26.2 Å². The molecule has 2 saturated heterocycles. The van der Waals surface area contributed by atoms with Crippen molar-refractivity contribution in [1.82, 2.24) is 15.0 Å². The molecular weight excluding hydrogens is 294 g/mol. The van der Waals surface area contributed by atoms with E-state index in [1.54, 1.807) is 11.8 Å². The predicted octanol–water partition coefficient (Wildman–Crippen LogP) is 0.519. The quantitative estimate of drug-likeness (QED) is 0.790. The molecule has 3 heterocycles. The number of carbonyl (C=O) groups is 1. The number of carbonyl (C=O) groups excluding carboxylic acids is 1. The molecule has 2 atom stereocenters. The summed E-state index contributed by atoms with van der Waals surface area (Å²) in [6, 6.07) is 0. The van der Waals surface area contributed by atoms with Crippen LogP contribution in [0.2, 0.25) is 0 Å². The van der Waals surface area contributed by atoms with Crippen molar-refractivity contribution in [2.75, 3.05) is 24.6 Å². The van der Waals surface area contributed by atoms with Crippen molar-refractivity contribution in [3.63, 3.8) is 0 Å². The van der Waals surface area contributed by atoms with Crippen LogP contribution in [0.5, 0.6) is 0 Å². The van der Waals surface area contributed by atoms with E-state index in [9.17, 15) is 13.2 Å². The van der Waals surface area contributed by atoms with Crippen molar-refractivity contribution in [1.29, 1.82) is 0 Å². The van der Waals surface area contributed by atoms with Gasteiger partial charge in [0.15, 0.2) is 15.7 Å². The van der Waals surface area contributed by atoms with Crippen molar-refractivity contribution < 1.29 is 17.7 Å². The lowest BCUT2D eigenvalue weighted by Gasteiger charge is -2.32. The zero-order valence-corrected chi connectivity index (χ0v) is 12.8. The molecule has 0 aromatic carbocycles. The number of nitrogens with zero attached hydrogens (tertiary/aromatic N) is 3. The Balaban J connectivity index is 1.67. The van der Waals surface area contributed by atoms with Crippen LogP contribution in [-0.2, 0) is 14.6 Å². The fraction of sp³-hybridized carbons (Fsp3) is 0.769. The Morgan fingerprint density at radius 1 is 1.38 bits per heavy atom. The molecule has 7 nitrogen and oxygen atoms in total. The van der Waals surface area contributed by atoms with Crippen LogP contribution in [0, 0.1) is 12.8 Å². The molecule has 0 N–H and O–H groups in total. The zero-order chi connectivity index (χ0) is 15.0. The summed E-state index contributed by atoms with van der Waals surface area (Å²) in [7, 11) is -3.03. The summed E-state index contributed by atoms with van der Waals surface area (Å²) in [5, 5.41) is 3.79. The Morgan fingerprint density at radius 3 is 2.81 bits per heavy atom. The van der Waals surface area contributed by atoms with Gasteiger partial charge in [-0.25, -0.2) is 8.42 Å². The minimum absolute atomic E-state index is 0.00728. The van der Waals surface area contributed by atoms with Gasteiger partial charge >= 0.3 is 0 Å². The van der Waals surface area contributed by atoms with Crippen LogP contribution in [0.1, 0.15) is 36.9 Å². The Labute approximate surface area is 123 Å². The highest BCUT2D eigenvalue weighted by Crippen LogP contribution is 2.28. The number of aryl methyl sites for hydroxylation is 1. The number of rotatable bonds is 2. The Hall–Kier alpha value is -1.44. The lowest BCUT2D eigenvalue weighted by atomic mass is 9.96. The molecule has 0 radical (unpaired) electrons. The fourth-order valence-corrected chi connectivity index (χ4v) is 4.84. The summed E-state index contributed by atoms with van der Waals surface area (Å²) in [5.74, 6) is 0.924. The summed E-state index contributed by atoms with van der Waals surface area (Å²) in [6.45, 7) is 2.98. The van der Waals surface area contributed by atoms with Gasteiger partial charge in [0, 0.05) is 13.1 Å². The first kappa shape index (κ1) is 14.5. The van der Waals surface area contributed by atoms with Crippen LogP contribution in [0.4, 0.5) is 0 Å². The van der Waals surface area contributed by atoms with Crippen LogP contribution >= 0.6 is 0 Å². The minimum atomic E-state index is -3.03. The van der Waals surface area contributed by atoms with E-state index < -0.39 is 9.84 Å². The van der Waals surface area contributed by atoms with Gasteiger partial charge in [0.2, 0.25) is 11.8 Å². The Kier molecular flexibility index (Phi) is 3.73. The molecule has 0 aliphatic carbocycles. The number of sulfone groups is 1. The number of hydrogen-bond donors (Lipinski definition) is 0. The average Bonchev–Trinajstić information content (AvgIpc) is 3.04. The van der Waals surface area contributed by atoms with Crippen molar-refractivity contribution in [3.05, 3.63) is 11.7 Å². The third-order valence-corrected chi connectivity index (χ3v) is 5.98. The highest BCUT2D eigenvalue weighted by atomic mass is 32.2. The molecule has 1 aromatic heterocycles. The molecular formula is C13H19N3O4S. The first-order chi connectivity index (χ1) is 9.94. The predicted molar refractivity (Wildman–Crippen MR) is 74.4 cm³/mol. The maximum absolute atomic E-state index is 12.5. The lowest BCUT2D eigenvalue weighted by molar-refractivity contribution is -0.136. The molecule has 0 spiro atoms. The molecule has 0 saturated carbocycles. The smallest absolute Gasteiger partial charge is 0.231 e. The monoisotopic (exact) mass is 313 g/mol. The number of likely N-dealkylation sites (tertiary alicyclic amines) is 1. The van der Waals surface area contributed by atoms with Gasteiger partial charge in [0.05, 0.1) is 23.3 Å². The Morgan fingerprint density at radius 2 is 2.19 bits per heavy atom. The van der Waals surface area contributed by atoms with Gasteiger partial charge in [0.25, 0.3) is 0 Å². The molecule has 2 aliphatic rings. The summed E-state index contributed by atoms with van der Waals surface area (Å²) in [4.78, 5) is 18.5. The zero-order valence-electron chi connectivity index (χ0n) is 12.0. The van der Waals surface area contributed by atoms with Crippen LogP contribution in [-0.4, -0.2) is 54.0 Å². The summed E-state index contributed by atoms with van der Waals surface area (Å²) in [5.41, 5.74) is 0. The SMILES string of the molecule is Cc1noc([C@@H]2CCCN(C(=O)[C@H]3CCS(=O)(=O)C3)C2)n1. The van der Waals surface area contributed by atoms with Crippen molar-refractivity contribution in [2.24, 2.45) is 5.92 Å². The van der Waals surface area contributed by atoms with Crippen molar-refractivity contribution in [3.8, 4) is 0 Å². The number of amides is 1. The third kappa shape index (κ3) is 3.09. The normalized spacial score (nSPS) is 28.7. The van der Waals surface area contributed by atoms with E-state index >= 15 is 0 Å². The number of piperidine rings is 1. The van der Waals surface area contributed by atoms with E-state index in [1.807, 2.05) is 0 Å².